The van der Waals surface area contributed by atoms with Crippen LogP contribution in [0.1, 0.15) is 13.3 Å². The van der Waals surface area contributed by atoms with Crippen LogP contribution in [0.25, 0.3) is 0 Å². The molecule has 0 bridgehead atoms. The number of hydrogen-bond donors (Lipinski definition) is 1. The van der Waals surface area contributed by atoms with Crippen molar-refractivity contribution in [2.24, 2.45) is 0 Å². The van der Waals surface area contributed by atoms with Crippen LogP contribution in [-0.2, 0) is 6.54 Å². The Morgan fingerprint density at radius 3 is 3.08 bits per heavy atom. The highest BCUT2D eigenvalue weighted by atomic mass is 16.6. The molecule has 72 valence electrons. The Morgan fingerprint density at radius 1 is 1.85 bits per heavy atom. The molecule has 1 heterocycles. The molecule has 0 spiro atoms. The first kappa shape index (κ1) is 9.66. The lowest BCUT2D eigenvalue weighted by atomic mass is 10.3. The fraction of sp³-hybridized carbons (Fsp3) is 0.571. The highest BCUT2D eigenvalue weighted by molar-refractivity contribution is 5.06. The highest BCUT2D eigenvalue weighted by Crippen LogP contribution is 2.08. The maximum absolute atomic E-state index is 10.4. The zero-order valence-electron chi connectivity index (χ0n) is 7.25. The Kier molecular flexibility index (Phi) is 2.97. The maximum atomic E-state index is 10.4. The Morgan fingerprint density at radius 2 is 2.54 bits per heavy atom. The van der Waals surface area contributed by atoms with Crippen molar-refractivity contribution in [1.82, 2.24) is 9.55 Å². The van der Waals surface area contributed by atoms with E-state index in [9.17, 15) is 15.2 Å². The molecule has 0 saturated carbocycles. The fourth-order valence-corrected chi connectivity index (χ4v) is 0.972. The van der Waals surface area contributed by atoms with E-state index in [-0.39, 0.29) is 12.5 Å². The minimum Gasteiger partial charge on any atom is -0.390 e. The van der Waals surface area contributed by atoms with Crippen LogP contribution < -0.4 is 0 Å². The lowest BCUT2D eigenvalue weighted by molar-refractivity contribution is -0.397. The molecule has 1 N–H and O–H groups in total. The van der Waals surface area contributed by atoms with Crippen molar-refractivity contribution in [1.29, 1.82) is 0 Å². The molecular formula is C7H11N3O3. The van der Waals surface area contributed by atoms with Crippen molar-refractivity contribution in [3.63, 3.8) is 0 Å². The van der Waals surface area contributed by atoms with Gasteiger partial charge < -0.3 is 15.2 Å². The summed E-state index contributed by atoms with van der Waals surface area (Å²) in [5, 5.41) is 19.7. The fourth-order valence-electron chi connectivity index (χ4n) is 0.972. The molecule has 1 atom stereocenters. The average Bonchev–Trinajstić information content (AvgIpc) is 2.52. The van der Waals surface area contributed by atoms with E-state index in [4.69, 9.17) is 0 Å². The molecule has 0 unspecified atom stereocenters. The average molecular weight is 185 g/mol. The molecular weight excluding hydrogens is 174 g/mol. The van der Waals surface area contributed by atoms with Crippen LogP contribution in [0.3, 0.4) is 0 Å². The summed E-state index contributed by atoms with van der Waals surface area (Å²) in [6.07, 6.45) is 2.83. The summed E-state index contributed by atoms with van der Waals surface area (Å²) in [5.74, 6) is -0.229. The molecule has 0 saturated heterocycles. The van der Waals surface area contributed by atoms with E-state index in [2.05, 4.69) is 4.98 Å². The van der Waals surface area contributed by atoms with E-state index in [1.54, 1.807) is 0 Å². The number of aromatic nitrogens is 2. The summed E-state index contributed by atoms with van der Waals surface area (Å²) in [6, 6.07) is 0. The third-order valence-electron chi connectivity index (χ3n) is 1.74. The summed E-state index contributed by atoms with van der Waals surface area (Å²) < 4.78 is 1.33. The van der Waals surface area contributed by atoms with Crippen LogP contribution >= 0.6 is 0 Å². The van der Waals surface area contributed by atoms with Crippen LogP contribution in [0, 0.1) is 10.1 Å². The van der Waals surface area contributed by atoms with E-state index in [1.807, 2.05) is 6.92 Å². The van der Waals surface area contributed by atoms with Gasteiger partial charge in [0, 0.05) is 0 Å². The first-order valence-electron chi connectivity index (χ1n) is 3.98. The van der Waals surface area contributed by atoms with Gasteiger partial charge in [-0.3, -0.25) is 0 Å². The molecule has 6 heteroatoms. The summed E-state index contributed by atoms with van der Waals surface area (Å²) in [7, 11) is 0. The molecule has 1 aromatic heterocycles. The molecule has 0 aliphatic rings. The van der Waals surface area contributed by atoms with Crippen LogP contribution in [0.2, 0.25) is 0 Å². The number of imidazole rings is 1. The number of hydrogen-bond acceptors (Lipinski definition) is 4. The highest BCUT2D eigenvalue weighted by Gasteiger charge is 2.15. The van der Waals surface area contributed by atoms with E-state index in [1.165, 1.54) is 17.0 Å². The Hall–Kier alpha value is -1.43. The van der Waals surface area contributed by atoms with Crippen molar-refractivity contribution < 1.29 is 10.0 Å². The van der Waals surface area contributed by atoms with Gasteiger partial charge in [0.2, 0.25) is 0 Å². The van der Waals surface area contributed by atoms with Crippen molar-refractivity contribution in [3.8, 4) is 0 Å². The van der Waals surface area contributed by atoms with Crippen molar-refractivity contribution in [2.75, 3.05) is 0 Å². The minimum absolute atomic E-state index is 0.215. The molecule has 1 rings (SSSR count). The number of aliphatic hydroxyl groups excluding tert-OH is 1. The second kappa shape index (κ2) is 3.99. The summed E-state index contributed by atoms with van der Waals surface area (Å²) in [4.78, 5) is 13.4. The van der Waals surface area contributed by atoms with E-state index in [0.717, 1.165) is 0 Å². The largest absolute Gasteiger partial charge is 0.434 e. The SMILES string of the molecule is CC[C@H](O)Cn1ccnc1[N+](=O)[O-]. The Balaban J connectivity index is 2.76. The van der Waals surface area contributed by atoms with Gasteiger partial charge in [0.15, 0.2) is 0 Å². The molecule has 0 aliphatic heterocycles. The van der Waals surface area contributed by atoms with Crippen LogP contribution in [0.5, 0.6) is 0 Å². The molecule has 13 heavy (non-hydrogen) atoms. The molecule has 6 nitrogen and oxygen atoms in total. The van der Waals surface area contributed by atoms with Gasteiger partial charge in [-0.1, -0.05) is 11.9 Å². The summed E-state index contributed by atoms with van der Waals surface area (Å²) in [6.45, 7) is 2.03. The molecule has 1 aromatic rings. The van der Waals surface area contributed by atoms with E-state index >= 15 is 0 Å². The topological polar surface area (TPSA) is 81.2 Å². The van der Waals surface area contributed by atoms with Gasteiger partial charge in [-0.05, 0) is 11.3 Å². The van der Waals surface area contributed by atoms with Gasteiger partial charge in [0.05, 0.1) is 12.6 Å². The van der Waals surface area contributed by atoms with Crippen LogP contribution in [0.15, 0.2) is 12.4 Å². The first-order chi connectivity index (χ1) is 6.15. The first-order valence-corrected chi connectivity index (χ1v) is 3.98. The third-order valence-corrected chi connectivity index (χ3v) is 1.74. The van der Waals surface area contributed by atoms with Gasteiger partial charge in [0.25, 0.3) is 0 Å². The van der Waals surface area contributed by atoms with Crippen molar-refractivity contribution >= 4 is 5.95 Å². The maximum Gasteiger partial charge on any atom is 0.434 e. The van der Waals surface area contributed by atoms with Crippen molar-refractivity contribution in [2.45, 2.75) is 26.0 Å². The Labute approximate surface area is 75.0 Å². The third kappa shape index (κ3) is 2.25. The summed E-state index contributed by atoms with van der Waals surface area (Å²) in [5.41, 5.74) is 0. The number of aliphatic hydroxyl groups is 1. The second-order valence-electron chi connectivity index (χ2n) is 2.70. The normalized spacial score (nSPS) is 12.8. The minimum atomic E-state index is -0.567. The molecule has 0 aromatic carbocycles. The van der Waals surface area contributed by atoms with Crippen LogP contribution in [0.4, 0.5) is 5.95 Å². The molecule has 0 amide bonds. The van der Waals surface area contributed by atoms with Gasteiger partial charge in [-0.2, -0.15) is 0 Å². The predicted molar refractivity (Wildman–Crippen MR) is 45.2 cm³/mol. The lowest BCUT2D eigenvalue weighted by Crippen LogP contribution is -2.15. The second-order valence-corrected chi connectivity index (χ2v) is 2.70. The predicted octanol–water partition coefficient (Wildman–Crippen LogP) is 0.562. The smallest absolute Gasteiger partial charge is 0.390 e. The monoisotopic (exact) mass is 185 g/mol. The number of nitro groups is 1. The van der Waals surface area contributed by atoms with Gasteiger partial charge in [-0.25, -0.2) is 4.57 Å². The quantitative estimate of drug-likeness (QED) is 0.549. The standard InChI is InChI=1S/C7H11N3O3/c1-2-6(11)5-9-4-3-8-7(9)10(12)13/h3-4,6,11H,2,5H2,1H3/t6-/m0/s1. The van der Waals surface area contributed by atoms with Gasteiger partial charge >= 0.3 is 5.95 Å². The van der Waals surface area contributed by atoms with Crippen molar-refractivity contribution in [3.05, 3.63) is 22.5 Å². The Bertz CT molecular complexity index is 297. The molecule has 0 aliphatic carbocycles. The number of nitrogens with zero attached hydrogens (tertiary/aromatic N) is 3. The zero-order valence-corrected chi connectivity index (χ0v) is 7.25. The van der Waals surface area contributed by atoms with E-state index in [0.29, 0.717) is 6.42 Å². The molecule has 0 fully saturated rings. The van der Waals surface area contributed by atoms with Gasteiger partial charge in [-0.15, -0.1) is 0 Å². The zero-order chi connectivity index (χ0) is 9.84. The van der Waals surface area contributed by atoms with Crippen LogP contribution in [-0.4, -0.2) is 25.7 Å². The number of rotatable bonds is 4. The summed E-state index contributed by atoms with van der Waals surface area (Å²) >= 11 is 0. The molecule has 0 radical (unpaired) electrons. The van der Waals surface area contributed by atoms with E-state index < -0.39 is 11.0 Å². The van der Waals surface area contributed by atoms with Gasteiger partial charge in [0.1, 0.15) is 12.4 Å². The lowest BCUT2D eigenvalue weighted by Gasteiger charge is -2.05.